The number of hydrogen-bond donors (Lipinski definition) is 1. The number of aliphatic hydroxyl groups excluding tert-OH is 1. The SMILES string of the molecule is COc1cc(C(O)c2c(Br)cnn2C)ccc1F. The van der Waals surface area contributed by atoms with Crippen molar-refractivity contribution in [2.24, 2.45) is 7.05 Å². The van der Waals surface area contributed by atoms with Gasteiger partial charge >= 0.3 is 0 Å². The van der Waals surface area contributed by atoms with Gasteiger partial charge in [-0.25, -0.2) is 4.39 Å². The summed E-state index contributed by atoms with van der Waals surface area (Å²) in [7, 11) is 3.11. The van der Waals surface area contributed by atoms with Crippen LogP contribution in [0.3, 0.4) is 0 Å². The zero-order chi connectivity index (χ0) is 13.3. The number of aromatic nitrogens is 2. The molecule has 2 rings (SSSR count). The van der Waals surface area contributed by atoms with Gasteiger partial charge in [0.1, 0.15) is 6.10 Å². The Labute approximate surface area is 112 Å². The summed E-state index contributed by atoms with van der Waals surface area (Å²) in [6, 6.07) is 4.25. The topological polar surface area (TPSA) is 47.3 Å². The Bertz CT molecular complexity index is 552. The molecule has 0 aliphatic rings. The summed E-state index contributed by atoms with van der Waals surface area (Å²) in [5.74, 6) is -0.359. The maximum absolute atomic E-state index is 13.3. The number of halogens is 2. The Kier molecular flexibility index (Phi) is 3.68. The maximum Gasteiger partial charge on any atom is 0.165 e. The van der Waals surface area contributed by atoms with Gasteiger partial charge in [0.2, 0.25) is 0 Å². The number of nitrogens with zero attached hydrogens (tertiary/aromatic N) is 2. The van der Waals surface area contributed by atoms with Crippen LogP contribution in [0.4, 0.5) is 4.39 Å². The lowest BCUT2D eigenvalue weighted by Gasteiger charge is -2.13. The first-order chi connectivity index (χ1) is 8.54. The molecule has 0 aliphatic heterocycles. The van der Waals surface area contributed by atoms with Gasteiger partial charge in [0.05, 0.1) is 23.5 Å². The molecule has 1 N–H and O–H groups in total. The Balaban J connectivity index is 2.43. The van der Waals surface area contributed by atoms with Crippen molar-refractivity contribution in [1.29, 1.82) is 0 Å². The lowest BCUT2D eigenvalue weighted by Crippen LogP contribution is -2.07. The van der Waals surface area contributed by atoms with Crippen LogP contribution >= 0.6 is 15.9 Å². The number of hydrogen-bond acceptors (Lipinski definition) is 3. The van der Waals surface area contributed by atoms with Gasteiger partial charge in [-0.15, -0.1) is 0 Å². The molecule has 0 saturated carbocycles. The van der Waals surface area contributed by atoms with Gasteiger partial charge < -0.3 is 9.84 Å². The third kappa shape index (κ3) is 2.26. The highest BCUT2D eigenvalue weighted by molar-refractivity contribution is 9.10. The molecule has 0 fully saturated rings. The second-order valence-corrected chi connectivity index (χ2v) is 4.65. The molecule has 0 amide bonds. The highest BCUT2D eigenvalue weighted by Gasteiger charge is 2.19. The van der Waals surface area contributed by atoms with Gasteiger partial charge in [-0.1, -0.05) is 6.07 Å². The summed E-state index contributed by atoms with van der Waals surface area (Å²) < 4.78 is 20.4. The van der Waals surface area contributed by atoms with E-state index in [2.05, 4.69) is 21.0 Å². The molecule has 1 unspecified atom stereocenters. The van der Waals surface area contributed by atoms with Gasteiger partial charge in [-0.3, -0.25) is 4.68 Å². The van der Waals surface area contributed by atoms with Crippen LogP contribution in [-0.2, 0) is 7.05 Å². The van der Waals surface area contributed by atoms with E-state index in [-0.39, 0.29) is 5.75 Å². The molecule has 1 aromatic heterocycles. The fourth-order valence-corrected chi connectivity index (χ4v) is 2.30. The number of aryl methyl sites for hydroxylation is 1. The van der Waals surface area contributed by atoms with Crippen molar-refractivity contribution in [3.05, 3.63) is 45.9 Å². The third-order valence-electron chi connectivity index (χ3n) is 2.69. The third-order valence-corrected chi connectivity index (χ3v) is 3.30. The summed E-state index contributed by atoms with van der Waals surface area (Å²) in [6.07, 6.45) is 0.695. The Hall–Kier alpha value is -1.40. The summed E-state index contributed by atoms with van der Waals surface area (Å²) in [6.45, 7) is 0. The number of benzene rings is 1. The molecule has 0 saturated heterocycles. The Morgan fingerprint density at radius 1 is 1.50 bits per heavy atom. The van der Waals surface area contributed by atoms with E-state index in [0.29, 0.717) is 15.7 Å². The summed E-state index contributed by atoms with van der Waals surface area (Å²) >= 11 is 3.32. The monoisotopic (exact) mass is 314 g/mol. The zero-order valence-electron chi connectivity index (χ0n) is 9.89. The van der Waals surface area contributed by atoms with Crippen LogP contribution in [0, 0.1) is 5.82 Å². The van der Waals surface area contributed by atoms with E-state index in [4.69, 9.17) is 4.74 Å². The van der Waals surface area contributed by atoms with Crippen LogP contribution < -0.4 is 4.74 Å². The van der Waals surface area contributed by atoms with Gasteiger partial charge in [0.15, 0.2) is 11.6 Å². The van der Waals surface area contributed by atoms with Crippen molar-refractivity contribution in [1.82, 2.24) is 9.78 Å². The molecule has 1 atom stereocenters. The first-order valence-electron chi connectivity index (χ1n) is 5.23. The van der Waals surface area contributed by atoms with Crippen LogP contribution in [0.1, 0.15) is 17.4 Å². The normalized spacial score (nSPS) is 12.5. The van der Waals surface area contributed by atoms with E-state index in [0.717, 1.165) is 0 Å². The highest BCUT2D eigenvalue weighted by Crippen LogP contribution is 2.30. The van der Waals surface area contributed by atoms with E-state index >= 15 is 0 Å². The molecular weight excluding hydrogens is 303 g/mol. The standard InChI is InChI=1S/C12H12BrFN2O2/c1-16-11(8(13)6-15-16)12(17)7-3-4-9(14)10(5-7)18-2/h3-6,12,17H,1-2H3. The fourth-order valence-electron chi connectivity index (χ4n) is 1.73. The van der Waals surface area contributed by atoms with Crippen molar-refractivity contribution in [3.63, 3.8) is 0 Å². The minimum atomic E-state index is -0.902. The van der Waals surface area contributed by atoms with Crippen LogP contribution in [0.5, 0.6) is 5.75 Å². The highest BCUT2D eigenvalue weighted by atomic mass is 79.9. The van der Waals surface area contributed by atoms with Gasteiger partial charge in [-0.2, -0.15) is 5.10 Å². The lowest BCUT2D eigenvalue weighted by molar-refractivity contribution is 0.208. The number of rotatable bonds is 3. The van der Waals surface area contributed by atoms with Crippen LogP contribution in [0.25, 0.3) is 0 Å². The van der Waals surface area contributed by atoms with Crippen molar-refractivity contribution < 1.29 is 14.2 Å². The second-order valence-electron chi connectivity index (χ2n) is 3.80. The molecule has 1 heterocycles. The van der Waals surface area contributed by atoms with Crippen molar-refractivity contribution in [3.8, 4) is 5.75 Å². The zero-order valence-corrected chi connectivity index (χ0v) is 11.5. The predicted molar refractivity (Wildman–Crippen MR) is 67.9 cm³/mol. The molecule has 18 heavy (non-hydrogen) atoms. The lowest BCUT2D eigenvalue weighted by atomic mass is 10.1. The maximum atomic E-state index is 13.3. The van der Waals surface area contributed by atoms with E-state index in [9.17, 15) is 9.50 Å². The number of methoxy groups -OCH3 is 1. The van der Waals surface area contributed by atoms with E-state index in [1.54, 1.807) is 17.9 Å². The number of ether oxygens (including phenoxy) is 1. The first-order valence-corrected chi connectivity index (χ1v) is 6.02. The summed E-state index contributed by atoms with van der Waals surface area (Å²) in [4.78, 5) is 0. The van der Waals surface area contributed by atoms with E-state index < -0.39 is 11.9 Å². The molecular formula is C12H12BrFN2O2. The smallest absolute Gasteiger partial charge is 0.165 e. The molecule has 6 heteroatoms. The van der Waals surface area contributed by atoms with Gasteiger partial charge in [0.25, 0.3) is 0 Å². The minimum Gasteiger partial charge on any atom is -0.494 e. The molecule has 0 radical (unpaired) electrons. The molecule has 4 nitrogen and oxygen atoms in total. The average Bonchev–Trinajstić information content (AvgIpc) is 2.69. The van der Waals surface area contributed by atoms with Crippen molar-refractivity contribution >= 4 is 15.9 Å². The fraction of sp³-hybridized carbons (Fsp3) is 0.250. The van der Waals surface area contributed by atoms with Gasteiger partial charge in [0, 0.05) is 7.05 Å². The molecule has 1 aromatic carbocycles. The summed E-state index contributed by atoms with van der Waals surface area (Å²) in [5.41, 5.74) is 1.14. The van der Waals surface area contributed by atoms with Crippen LogP contribution in [-0.4, -0.2) is 22.0 Å². The van der Waals surface area contributed by atoms with Crippen molar-refractivity contribution in [2.45, 2.75) is 6.10 Å². The molecule has 0 spiro atoms. The molecule has 96 valence electrons. The minimum absolute atomic E-state index is 0.102. The van der Waals surface area contributed by atoms with E-state index in [1.165, 1.54) is 25.3 Å². The molecule has 0 aliphatic carbocycles. The average molecular weight is 315 g/mol. The quantitative estimate of drug-likeness (QED) is 0.946. The molecule has 0 bridgehead atoms. The molecule has 2 aromatic rings. The predicted octanol–water partition coefficient (Wildman–Crippen LogP) is 2.41. The van der Waals surface area contributed by atoms with E-state index in [1.807, 2.05) is 0 Å². The van der Waals surface area contributed by atoms with Crippen LogP contribution in [0.2, 0.25) is 0 Å². The largest absolute Gasteiger partial charge is 0.494 e. The van der Waals surface area contributed by atoms with Crippen LogP contribution in [0.15, 0.2) is 28.9 Å². The van der Waals surface area contributed by atoms with Gasteiger partial charge in [-0.05, 0) is 33.6 Å². The second kappa shape index (κ2) is 5.07. The van der Waals surface area contributed by atoms with Crippen molar-refractivity contribution in [2.75, 3.05) is 7.11 Å². The Morgan fingerprint density at radius 2 is 2.22 bits per heavy atom. The first kappa shape index (κ1) is 13.0. The summed E-state index contributed by atoms with van der Waals surface area (Å²) in [5, 5.41) is 14.3. The number of aliphatic hydroxyl groups is 1. The Morgan fingerprint density at radius 3 is 2.78 bits per heavy atom.